The van der Waals surface area contributed by atoms with Crippen LogP contribution in [0.3, 0.4) is 0 Å². The molecule has 0 fully saturated rings. The third-order valence-corrected chi connectivity index (χ3v) is 3.12. The Balaban J connectivity index is 0.000000217. The third kappa shape index (κ3) is 4.08. The molecule has 8 heteroatoms. The van der Waals surface area contributed by atoms with Crippen LogP contribution in [0.25, 0.3) is 5.69 Å². The number of halogens is 3. The average Bonchev–Trinajstić information content (AvgIpc) is 3.00. The minimum Gasteiger partial charge on any atom is -0.475 e. The van der Waals surface area contributed by atoms with E-state index in [9.17, 15) is 13.2 Å². The predicted octanol–water partition coefficient (Wildman–Crippen LogP) is 2.15. The molecule has 0 saturated carbocycles. The first kappa shape index (κ1) is 16.0. The molecule has 1 aromatic heterocycles. The maximum absolute atomic E-state index is 10.6. The lowest BCUT2D eigenvalue weighted by Gasteiger charge is -2.17. The summed E-state index contributed by atoms with van der Waals surface area (Å²) in [4.78, 5) is 13.0. The summed E-state index contributed by atoms with van der Waals surface area (Å²) in [5.74, 6) is -2.76. The summed E-state index contributed by atoms with van der Waals surface area (Å²) in [6.07, 6.45) is 1.66. The van der Waals surface area contributed by atoms with Gasteiger partial charge in [0.15, 0.2) is 0 Å². The Bertz CT molecular complexity index is 639. The van der Waals surface area contributed by atoms with E-state index < -0.39 is 12.1 Å². The van der Waals surface area contributed by atoms with Crippen LogP contribution in [0.15, 0.2) is 36.9 Å². The van der Waals surface area contributed by atoms with Gasteiger partial charge in [0.05, 0.1) is 6.33 Å². The molecule has 1 aromatic carbocycles. The van der Waals surface area contributed by atoms with Crippen LogP contribution in [-0.2, 0) is 17.8 Å². The largest absolute Gasteiger partial charge is 0.490 e. The van der Waals surface area contributed by atoms with Crippen LogP contribution in [0.5, 0.6) is 0 Å². The molecule has 2 N–H and O–H groups in total. The molecular weight excluding hydrogens is 299 g/mol. The number of rotatable bonds is 1. The van der Waals surface area contributed by atoms with Gasteiger partial charge in [0.1, 0.15) is 0 Å². The molecule has 0 aliphatic carbocycles. The monoisotopic (exact) mass is 313 g/mol. The van der Waals surface area contributed by atoms with Gasteiger partial charge in [-0.1, -0.05) is 6.07 Å². The van der Waals surface area contributed by atoms with Crippen LogP contribution in [0.2, 0.25) is 0 Å². The first-order valence-corrected chi connectivity index (χ1v) is 6.49. The quantitative estimate of drug-likeness (QED) is 0.846. The molecule has 22 heavy (non-hydrogen) atoms. The zero-order chi connectivity index (χ0) is 16.2. The summed E-state index contributed by atoms with van der Waals surface area (Å²) in [5, 5.41) is 10.5. The van der Waals surface area contributed by atoms with E-state index in [1.54, 1.807) is 6.20 Å². The molecule has 0 unspecified atom stereocenters. The fraction of sp³-hybridized carbons (Fsp3) is 0.286. The second-order valence-corrected chi connectivity index (χ2v) is 4.65. The Hall–Kier alpha value is -2.35. The maximum Gasteiger partial charge on any atom is 0.490 e. The van der Waals surface area contributed by atoms with Crippen LogP contribution < -0.4 is 5.32 Å². The van der Waals surface area contributed by atoms with Crippen LogP contribution in [-0.4, -0.2) is 33.3 Å². The number of fused-ring (bicyclic) bond motifs is 1. The van der Waals surface area contributed by atoms with Crippen molar-refractivity contribution >= 4 is 5.97 Å². The zero-order valence-electron chi connectivity index (χ0n) is 11.5. The number of carbonyl (C=O) groups is 1. The molecule has 0 saturated heterocycles. The van der Waals surface area contributed by atoms with Gasteiger partial charge in [0, 0.05) is 24.6 Å². The van der Waals surface area contributed by atoms with E-state index in [1.807, 2.05) is 17.1 Å². The smallest absolute Gasteiger partial charge is 0.475 e. The van der Waals surface area contributed by atoms with E-state index in [4.69, 9.17) is 9.90 Å². The van der Waals surface area contributed by atoms with Crippen molar-refractivity contribution in [3.63, 3.8) is 0 Å². The number of hydrogen-bond donors (Lipinski definition) is 2. The van der Waals surface area contributed by atoms with E-state index in [0.717, 1.165) is 19.5 Å². The summed E-state index contributed by atoms with van der Waals surface area (Å²) in [7, 11) is 0. The number of carboxylic acids is 1. The first-order chi connectivity index (χ1) is 10.4. The molecular formula is C14H14F3N3O2. The van der Waals surface area contributed by atoms with E-state index >= 15 is 0 Å². The number of alkyl halides is 3. The lowest BCUT2D eigenvalue weighted by molar-refractivity contribution is -0.192. The second-order valence-electron chi connectivity index (χ2n) is 4.65. The highest BCUT2D eigenvalue weighted by atomic mass is 19.4. The summed E-state index contributed by atoms with van der Waals surface area (Å²) < 4.78 is 33.8. The van der Waals surface area contributed by atoms with Crippen LogP contribution in [0.4, 0.5) is 13.2 Å². The number of imidazole rings is 1. The second kappa shape index (κ2) is 6.61. The molecule has 3 rings (SSSR count). The van der Waals surface area contributed by atoms with Gasteiger partial charge < -0.3 is 15.0 Å². The Morgan fingerprint density at radius 2 is 2.05 bits per heavy atom. The zero-order valence-corrected chi connectivity index (χ0v) is 11.5. The topological polar surface area (TPSA) is 67.2 Å². The molecule has 0 amide bonds. The Kier molecular flexibility index (Phi) is 4.81. The summed E-state index contributed by atoms with van der Waals surface area (Å²) in [6, 6.07) is 6.63. The average molecular weight is 313 g/mol. The molecule has 2 heterocycles. The van der Waals surface area contributed by atoms with Crippen molar-refractivity contribution in [2.45, 2.75) is 19.1 Å². The molecule has 1 aliphatic heterocycles. The lowest BCUT2D eigenvalue weighted by Crippen LogP contribution is -2.23. The van der Waals surface area contributed by atoms with Crippen molar-refractivity contribution in [1.29, 1.82) is 0 Å². The molecule has 0 atom stereocenters. The Labute approximate surface area is 124 Å². The fourth-order valence-electron chi connectivity index (χ4n) is 2.04. The van der Waals surface area contributed by atoms with Crippen molar-refractivity contribution in [2.24, 2.45) is 0 Å². The van der Waals surface area contributed by atoms with E-state index in [0.29, 0.717) is 0 Å². The van der Waals surface area contributed by atoms with E-state index in [1.165, 1.54) is 16.8 Å². The van der Waals surface area contributed by atoms with Crippen molar-refractivity contribution in [3.8, 4) is 5.69 Å². The van der Waals surface area contributed by atoms with E-state index in [-0.39, 0.29) is 0 Å². The number of hydrogen-bond acceptors (Lipinski definition) is 3. The molecule has 5 nitrogen and oxygen atoms in total. The highest BCUT2D eigenvalue weighted by molar-refractivity contribution is 5.73. The maximum atomic E-state index is 10.6. The van der Waals surface area contributed by atoms with E-state index in [2.05, 4.69) is 28.5 Å². The third-order valence-electron chi connectivity index (χ3n) is 3.12. The predicted molar refractivity (Wildman–Crippen MR) is 72.7 cm³/mol. The molecule has 0 spiro atoms. The summed E-state index contributed by atoms with van der Waals surface area (Å²) in [6.45, 7) is 2.08. The molecule has 0 radical (unpaired) electrons. The highest BCUT2D eigenvalue weighted by Crippen LogP contribution is 2.18. The lowest BCUT2D eigenvalue weighted by atomic mass is 10.0. The standard InChI is InChI=1S/C12H13N3.C2HF3O2/c1-2-12(15-6-5-14-9-15)7-11-8-13-4-3-10(1)11;3-2(4,5)1(6)7/h1-2,5-7,9,13H,3-4,8H2;(H,6,7). The molecule has 118 valence electrons. The van der Waals surface area contributed by atoms with Crippen molar-refractivity contribution < 1.29 is 23.1 Å². The molecule has 0 bridgehead atoms. The van der Waals surface area contributed by atoms with Crippen molar-refractivity contribution in [2.75, 3.05) is 6.54 Å². The minimum absolute atomic E-state index is 0.984. The summed E-state index contributed by atoms with van der Waals surface area (Å²) >= 11 is 0. The number of aliphatic carboxylic acids is 1. The fourth-order valence-corrected chi connectivity index (χ4v) is 2.04. The number of benzene rings is 1. The Morgan fingerprint density at radius 1 is 1.32 bits per heavy atom. The van der Waals surface area contributed by atoms with Gasteiger partial charge in [0.25, 0.3) is 0 Å². The van der Waals surface area contributed by atoms with Gasteiger partial charge >= 0.3 is 12.1 Å². The van der Waals surface area contributed by atoms with Crippen LogP contribution >= 0.6 is 0 Å². The summed E-state index contributed by atoms with van der Waals surface area (Å²) in [5.41, 5.74) is 4.07. The van der Waals surface area contributed by atoms with Gasteiger partial charge in [0.2, 0.25) is 0 Å². The number of carboxylic acid groups (broad SMARTS) is 1. The van der Waals surface area contributed by atoms with Gasteiger partial charge in [-0.3, -0.25) is 0 Å². The SMILES string of the molecule is O=C(O)C(F)(F)F.c1cn(-c2ccc3c(c2)CNCC3)cn1. The number of nitrogens with zero attached hydrogens (tertiary/aromatic N) is 2. The van der Waals surface area contributed by atoms with Gasteiger partial charge in [-0.25, -0.2) is 9.78 Å². The van der Waals surface area contributed by atoms with Crippen LogP contribution in [0, 0.1) is 0 Å². The normalized spacial score (nSPS) is 13.8. The number of nitrogens with one attached hydrogen (secondary N) is 1. The van der Waals surface area contributed by atoms with Gasteiger partial charge in [-0.05, 0) is 36.2 Å². The minimum atomic E-state index is -5.08. The van der Waals surface area contributed by atoms with Crippen molar-refractivity contribution in [3.05, 3.63) is 48.0 Å². The van der Waals surface area contributed by atoms with Gasteiger partial charge in [-0.15, -0.1) is 0 Å². The van der Waals surface area contributed by atoms with Crippen LogP contribution in [0.1, 0.15) is 11.1 Å². The van der Waals surface area contributed by atoms with Crippen molar-refractivity contribution in [1.82, 2.24) is 14.9 Å². The molecule has 1 aliphatic rings. The first-order valence-electron chi connectivity index (χ1n) is 6.49. The van der Waals surface area contributed by atoms with Gasteiger partial charge in [-0.2, -0.15) is 13.2 Å². The highest BCUT2D eigenvalue weighted by Gasteiger charge is 2.38. The molecule has 2 aromatic rings. The Morgan fingerprint density at radius 3 is 2.64 bits per heavy atom. The number of aromatic nitrogens is 2.